The van der Waals surface area contributed by atoms with Crippen LogP contribution in [0.3, 0.4) is 0 Å². The zero-order valence-electron chi connectivity index (χ0n) is 29.1. The summed E-state index contributed by atoms with van der Waals surface area (Å²) in [4.78, 5) is 75.2. The van der Waals surface area contributed by atoms with Crippen molar-refractivity contribution in [3.05, 3.63) is 129 Å². The van der Waals surface area contributed by atoms with Crippen LogP contribution in [0.15, 0.2) is 90.6 Å². The second-order valence-electron chi connectivity index (χ2n) is 14.3. The van der Waals surface area contributed by atoms with Crippen LogP contribution >= 0.6 is 23.2 Å². The average molecular weight is 806 g/mol. The minimum absolute atomic E-state index is 0.0514. The summed E-state index contributed by atoms with van der Waals surface area (Å²) in [6.07, 6.45) is -2.58. The minimum Gasteiger partial charge on any atom is -0.507 e. The fraction of sp³-hybridized carbons (Fsp3) is 0.250. The zero-order valence-corrected chi connectivity index (χ0v) is 30.6. The Hall–Kier alpha value is -5.73. The number of nitrogens with one attached hydrogen (secondary N) is 1. The summed E-state index contributed by atoms with van der Waals surface area (Å²) in [5.74, 6) is -9.83. The second kappa shape index (κ2) is 13.2. The van der Waals surface area contributed by atoms with E-state index in [2.05, 4.69) is 10.4 Å². The number of aromatic carboxylic acids is 1. The maximum absolute atomic E-state index is 15.3. The van der Waals surface area contributed by atoms with Crippen LogP contribution in [-0.2, 0) is 30.8 Å². The lowest BCUT2D eigenvalue weighted by molar-refractivity contribution is -0.139. The Balaban J connectivity index is 1.31. The number of alkyl halides is 3. The van der Waals surface area contributed by atoms with Gasteiger partial charge in [0.15, 0.2) is 5.82 Å². The van der Waals surface area contributed by atoms with Crippen molar-refractivity contribution in [2.45, 2.75) is 37.3 Å². The number of rotatable bonds is 6. The first kappa shape index (κ1) is 37.2. The number of amides is 4. The third-order valence-electron chi connectivity index (χ3n) is 11.5. The number of phenolic OH excluding ortho intramolecular Hbond substituents is 1. The summed E-state index contributed by atoms with van der Waals surface area (Å²) < 4.78 is 40.4. The van der Waals surface area contributed by atoms with Crippen LogP contribution in [0.4, 0.5) is 24.7 Å². The highest BCUT2D eigenvalue weighted by atomic mass is 35.5. The quantitative estimate of drug-likeness (QED) is 0.134. The highest BCUT2D eigenvalue weighted by molar-refractivity contribution is 6.33. The summed E-state index contributed by atoms with van der Waals surface area (Å²) in [5, 5.41) is 21.8. The molecule has 11 nitrogen and oxygen atoms in total. The van der Waals surface area contributed by atoms with Gasteiger partial charge in [0.1, 0.15) is 5.75 Å². The first-order chi connectivity index (χ1) is 26.5. The van der Waals surface area contributed by atoms with Crippen LogP contribution < -0.4 is 10.3 Å². The van der Waals surface area contributed by atoms with Crippen molar-refractivity contribution in [3.8, 4) is 5.75 Å². The van der Waals surface area contributed by atoms with Gasteiger partial charge in [-0.25, -0.2) is 9.78 Å². The Bertz CT molecular complexity index is 2420. The number of carboxylic acids is 1. The largest absolute Gasteiger partial charge is 0.507 e. The molecule has 16 heteroatoms. The van der Waals surface area contributed by atoms with E-state index in [0.717, 1.165) is 4.90 Å². The normalized spacial score (nSPS) is 25.8. The number of aromatic hydroxyl groups is 1. The van der Waals surface area contributed by atoms with E-state index in [4.69, 9.17) is 23.2 Å². The molecular formula is C40H29Cl2F3N4O7. The van der Waals surface area contributed by atoms with Crippen LogP contribution in [0, 0.1) is 30.6 Å². The maximum atomic E-state index is 15.3. The van der Waals surface area contributed by atoms with Gasteiger partial charge in [-0.05, 0) is 73.2 Å². The topological polar surface area (TPSA) is 157 Å². The van der Waals surface area contributed by atoms with Gasteiger partial charge in [0.2, 0.25) is 11.8 Å². The van der Waals surface area contributed by atoms with Crippen LogP contribution in [0.25, 0.3) is 0 Å². The number of allylic oxidation sites excluding steroid dienone is 2. The van der Waals surface area contributed by atoms with Gasteiger partial charge >= 0.3 is 12.1 Å². The first-order valence-corrected chi connectivity index (χ1v) is 18.1. The average Bonchev–Trinajstić information content (AvgIpc) is 3.54. The lowest BCUT2D eigenvalue weighted by atomic mass is 9.49. The van der Waals surface area contributed by atoms with Crippen molar-refractivity contribution in [1.29, 1.82) is 0 Å². The van der Waals surface area contributed by atoms with Crippen LogP contribution in [-0.4, -0.2) is 49.8 Å². The fourth-order valence-electron chi connectivity index (χ4n) is 9.07. The van der Waals surface area contributed by atoms with Gasteiger partial charge in [0.05, 0.1) is 45.0 Å². The monoisotopic (exact) mass is 804 g/mol. The molecule has 286 valence electrons. The maximum Gasteiger partial charge on any atom is 0.417 e. The third kappa shape index (κ3) is 5.48. The van der Waals surface area contributed by atoms with Crippen LogP contribution in [0.1, 0.15) is 51.4 Å². The molecule has 0 spiro atoms. The number of carbonyl (C=O) groups is 5. The Labute approximate surface area is 326 Å². The summed E-state index contributed by atoms with van der Waals surface area (Å²) in [5.41, 5.74) is 1.07. The van der Waals surface area contributed by atoms with Crippen LogP contribution in [0.5, 0.6) is 5.75 Å². The molecule has 6 atom stereocenters. The second-order valence-corrected chi connectivity index (χ2v) is 15.1. The van der Waals surface area contributed by atoms with E-state index in [-0.39, 0.29) is 35.4 Å². The highest BCUT2D eigenvalue weighted by Gasteiger charge is 2.70. The molecule has 56 heavy (non-hydrogen) atoms. The summed E-state index contributed by atoms with van der Waals surface area (Å²) >= 11 is 12.5. The summed E-state index contributed by atoms with van der Waals surface area (Å²) in [6, 6.07) is 17.2. The number of para-hydroxylation sites is 1. The Morgan fingerprint density at radius 1 is 0.946 bits per heavy atom. The molecule has 4 amide bonds. The molecule has 2 aliphatic carbocycles. The number of hydrogen-bond donors (Lipinski definition) is 3. The molecule has 6 unspecified atom stereocenters. The molecule has 0 radical (unpaired) electrons. The van der Waals surface area contributed by atoms with Gasteiger partial charge in [-0.1, -0.05) is 71.2 Å². The smallest absolute Gasteiger partial charge is 0.417 e. The van der Waals surface area contributed by atoms with Crippen molar-refractivity contribution in [3.63, 3.8) is 0 Å². The Kier molecular flexibility index (Phi) is 8.77. The number of aromatic nitrogens is 1. The summed E-state index contributed by atoms with van der Waals surface area (Å²) in [6.45, 7) is 1.66. The number of hydrogen-bond acceptors (Lipinski definition) is 8. The number of pyridine rings is 1. The van der Waals surface area contributed by atoms with Crippen molar-refractivity contribution in [1.82, 2.24) is 9.99 Å². The van der Waals surface area contributed by atoms with E-state index >= 15 is 4.79 Å². The SMILES string of the molecule is Cc1cccc(C2C3=CCC4C(=O)N(c5cccc(C(=O)O)c5)C(=O)C4C3CC3C(=O)N(Nc4ncc(C(F)(F)F)cc4Cl)C(=O)C32c2ccc(Cl)cc2)c1O. The number of aryl methyl sites for hydroxylation is 1. The van der Waals surface area contributed by atoms with E-state index in [1.807, 2.05) is 0 Å². The van der Waals surface area contributed by atoms with Gasteiger partial charge in [-0.2, -0.15) is 18.2 Å². The zero-order chi connectivity index (χ0) is 40.0. The lowest BCUT2D eigenvalue weighted by Gasteiger charge is -2.50. The fourth-order valence-corrected chi connectivity index (χ4v) is 9.41. The molecule has 2 saturated heterocycles. The third-order valence-corrected chi connectivity index (χ3v) is 12.0. The molecule has 4 aromatic rings. The highest BCUT2D eigenvalue weighted by Crippen LogP contribution is 2.65. The number of benzene rings is 3. The number of phenols is 1. The molecule has 0 bridgehead atoms. The standard InChI is InChI=1S/C40H29Cl2F3N4O7/c1-18-4-2-7-26(32(18)50)31-24-12-13-25-30(36(53)48(34(25)51)23-6-3-5-19(14-23)37(54)55)27(24)16-28-35(52)49(38(56)39(28,31)20-8-10-22(41)11-9-20)47-33-29(42)15-21(17-46-33)40(43,44)45/h2-12,14-15,17,25,27-28,30-31,50H,13,16H2,1H3,(H,46,47)(H,54,55). The number of nitrogens with zero attached hydrogens (tertiary/aromatic N) is 3. The number of halogens is 5. The molecular weight excluding hydrogens is 776 g/mol. The number of carboxylic acid groups (broad SMARTS) is 1. The van der Waals surface area contributed by atoms with Gasteiger partial charge in [-0.3, -0.25) is 29.5 Å². The number of imide groups is 2. The van der Waals surface area contributed by atoms with Gasteiger partial charge < -0.3 is 10.2 Å². The number of carbonyl (C=O) groups excluding carboxylic acids is 4. The van der Waals surface area contributed by atoms with Gasteiger partial charge in [0.25, 0.3) is 11.8 Å². The first-order valence-electron chi connectivity index (χ1n) is 17.4. The number of fused-ring (bicyclic) bond motifs is 4. The van der Waals surface area contributed by atoms with E-state index in [1.165, 1.54) is 36.4 Å². The lowest BCUT2D eigenvalue weighted by Crippen LogP contribution is -2.53. The van der Waals surface area contributed by atoms with Crippen molar-refractivity contribution in [2.75, 3.05) is 10.3 Å². The molecule has 8 rings (SSSR count). The predicted octanol–water partition coefficient (Wildman–Crippen LogP) is 7.31. The molecule has 3 heterocycles. The minimum atomic E-state index is -4.78. The molecule has 3 fully saturated rings. The van der Waals surface area contributed by atoms with Gasteiger partial charge in [-0.15, -0.1) is 0 Å². The van der Waals surface area contributed by atoms with Crippen LogP contribution in [0.2, 0.25) is 10.0 Å². The molecule has 3 N–H and O–H groups in total. The van der Waals surface area contributed by atoms with E-state index in [0.29, 0.717) is 39.0 Å². The van der Waals surface area contributed by atoms with Crippen molar-refractivity contribution < 1.29 is 47.4 Å². The van der Waals surface area contributed by atoms with E-state index in [1.54, 1.807) is 43.3 Å². The summed E-state index contributed by atoms with van der Waals surface area (Å²) in [7, 11) is 0. The predicted molar refractivity (Wildman–Crippen MR) is 196 cm³/mol. The number of anilines is 2. The van der Waals surface area contributed by atoms with E-state index < -0.39 is 87.2 Å². The Morgan fingerprint density at radius 3 is 2.34 bits per heavy atom. The molecule has 3 aromatic carbocycles. The van der Waals surface area contributed by atoms with Gasteiger partial charge in [0, 0.05) is 22.7 Å². The van der Waals surface area contributed by atoms with Crippen molar-refractivity contribution >= 4 is 64.3 Å². The number of hydrazine groups is 1. The molecule has 2 aliphatic heterocycles. The molecule has 1 saturated carbocycles. The van der Waals surface area contributed by atoms with E-state index in [9.17, 15) is 42.6 Å². The molecule has 4 aliphatic rings. The van der Waals surface area contributed by atoms with Crippen molar-refractivity contribution in [2.24, 2.45) is 23.7 Å². The Morgan fingerprint density at radius 2 is 1.66 bits per heavy atom. The molecule has 1 aromatic heterocycles.